The zero-order valence-corrected chi connectivity index (χ0v) is 18.2. The van der Waals surface area contributed by atoms with Crippen molar-refractivity contribution >= 4 is 68.8 Å². The lowest BCUT2D eigenvalue weighted by atomic mass is 10.0. The molecule has 2 aromatic carbocycles. The number of alkyl halides is 3. The number of hydrogen-bond acceptors (Lipinski definition) is 3. The zero-order valence-electron chi connectivity index (χ0n) is 13.1. The molecule has 2 N–H and O–H groups in total. The molecule has 10 heteroatoms. The van der Waals surface area contributed by atoms with Crippen LogP contribution in [0.5, 0.6) is 11.5 Å². The molecule has 4 nitrogen and oxygen atoms in total. The highest BCUT2D eigenvalue weighted by Gasteiger charge is 2.48. The maximum Gasteiger partial charge on any atom is 0.430 e. The summed E-state index contributed by atoms with van der Waals surface area (Å²) < 4.78 is 44.7. The van der Waals surface area contributed by atoms with Crippen molar-refractivity contribution in [2.24, 2.45) is 0 Å². The molecular formula is C17H10ClF3I2O4. The number of fused-ring (bicyclic) bond motifs is 1. The molecule has 0 spiro atoms. The van der Waals surface area contributed by atoms with Gasteiger partial charge in [0, 0.05) is 12.7 Å². The number of ether oxygens (including phenoxy) is 1. The molecule has 0 bridgehead atoms. The minimum Gasteiger partial charge on any atom is -0.508 e. The smallest absolute Gasteiger partial charge is 0.430 e. The van der Waals surface area contributed by atoms with Gasteiger partial charge in [0.05, 0.1) is 10.6 Å². The fraction of sp³-hybridized carbons (Fsp3) is 0.118. The Morgan fingerprint density at radius 3 is 2.33 bits per heavy atom. The monoisotopic (exact) mass is 624 g/mol. The van der Waals surface area contributed by atoms with Gasteiger partial charge < -0.3 is 14.9 Å². The lowest BCUT2D eigenvalue weighted by Crippen LogP contribution is -2.40. The summed E-state index contributed by atoms with van der Waals surface area (Å²) in [7, 11) is 0. The summed E-state index contributed by atoms with van der Waals surface area (Å²) in [6, 6.07) is 9.82. The lowest BCUT2D eigenvalue weighted by molar-refractivity contribution is -0.187. The highest BCUT2D eigenvalue weighted by Crippen LogP contribution is 2.39. The van der Waals surface area contributed by atoms with Gasteiger partial charge in [-0.2, -0.15) is 13.2 Å². The number of aliphatic carboxylic acids is 1. The van der Waals surface area contributed by atoms with Gasteiger partial charge in [0.15, 0.2) is 0 Å². The van der Waals surface area contributed by atoms with Gasteiger partial charge in [0.25, 0.3) is 0 Å². The number of carboxylic acids is 1. The van der Waals surface area contributed by atoms with Crippen LogP contribution in [0, 0.1) is 7.14 Å². The Morgan fingerprint density at radius 2 is 1.85 bits per heavy atom. The van der Waals surface area contributed by atoms with Gasteiger partial charge in [-0.25, -0.2) is 4.79 Å². The van der Waals surface area contributed by atoms with Crippen LogP contribution in [0.15, 0.2) is 42.0 Å². The van der Waals surface area contributed by atoms with E-state index in [1.165, 1.54) is 12.1 Å². The number of carboxylic acid groups (broad SMARTS) is 1. The maximum absolute atomic E-state index is 12.8. The van der Waals surface area contributed by atoms with Crippen molar-refractivity contribution < 1.29 is 32.9 Å². The van der Waals surface area contributed by atoms with E-state index in [0.29, 0.717) is 14.3 Å². The predicted molar refractivity (Wildman–Crippen MR) is 111 cm³/mol. The molecule has 0 saturated heterocycles. The third-order valence-corrected chi connectivity index (χ3v) is 5.44. The number of halogens is 6. The van der Waals surface area contributed by atoms with Crippen molar-refractivity contribution in [2.45, 2.75) is 12.3 Å². The highest BCUT2D eigenvalue weighted by molar-refractivity contribution is 14.1. The summed E-state index contributed by atoms with van der Waals surface area (Å²) in [5.74, 6) is -1.39. The van der Waals surface area contributed by atoms with E-state index in [1.807, 2.05) is 34.7 Å². The van der Waals surface area contributed by atoms with Gasteiger partial charge >= 0.3 is 12.1 Å². The molecule has 0 fully saturated rings. The van der Waals surface area contributed by atoms with E-state index in [2.05, 4.69) is 22.6 Å². The van der Waals surface area contributed by atoms with Gasteiger partial charge in [0.2, 0.25) is 6.10 Å². The van der Waals surface area contributed by atoms with Crippen molar-refractivity contribution in [3.8, 4) is 11.5 Å². The molecule has 27 heavy (non-hydrogen) atoms. The molecule has 1 heterocycles. The topological polar surface area (TPSA) is 66.8 Å². The van der Waals surface area contributed by atoms with E-state index in [0.717, 1.165) is 9.65 Å². The number of benzene rings is 2. The Bertz CT molecular complexity index is 883. The summed E-state index contributed by atoms with van der Waals surface area (Å²) in [5.41, 5.74) is -0.652. The SMILES string of the molecule is O=C(O)C1=Cc2cc(Cl)c(I)cc2OC1C(F)(F)F.Oc1cccc(I)c1. The highest BCUT2D eigenvalue weighted by atomic mass is 127. The van der Waals surface area contributed by atoms with Crippen LogP contribution in [0.4, 0.5) is 13.2 Å². The summed E-state index contributed by atoms with van der Waals surface area (Å²) in [5, 5.41) is 18.0. The summed E-state index contributed by atoms with van der Waals surface area (Å²) in [4.78, 5) is 10.9. The number of hydrogen-bond donors (Lipinski definition) is 2. The number of carbonyl (C=O) groups is 1. The summed E-state index contributed by atoms with van der Waals surface area (Å²) in [6.07, 6.45) is -6.34. The molecule has 3 rings (SSSR count). The molecule has 2 aromatic rings. The van der Waals surface area contributed by atoms with E-state index < -0.39 is 23.8 Å². The molecule has 1 atom stereocenters. The van der Waals surface area contributed by atoms with Crippen LogP contribution in [-0.2, 0) is 4.79 Å². The number of phenolic OH excluding ortho intramolecular Hbond substituents is 1. The van der Waals surface area contributed by atoms with Gasteiger partial charge in [-0.05, 0) is 81.6 Å². The molecule has 0 saturated carbocycles. The lowest BCUT2D eigenvalue weighted by Gasteiger charge is -2.27. The quantitative estimate of drug-likeness (QED) is 0.398. The van der Waals surface area contributed by atoms with Crippen molar-refractivity contribution in [3.05, 3.63) is 59.7 Å². The van der Waals surface area contributed by atoms with Gasteiger partial charge in [0.1, 0.15) is 11.5 Å². The first-order valence-corrected chi connectivity index (χ1v) is 9.64. The van der Waals surface area contributed by atoms with E-state index in [1.54, 1.807) is 12.1 Å². The number of rotatable bonds is 1. The molecule has 1 unspecified atom stereocenters. The molecule has 144 valence electrons. The van der Waals surface area contributed by atoms with E-state index in [4.69, 9.17) is 26.6 Å². The minimum absolute atomic E-state index is 0.0406. The van der Waals surface area contributed by atoms with Crippen molar-refractivity contribution in [2.75, 3.05) is 0 Å². The Hall–Kier alpha value is -1.21. The molecule has 1 aliphatic heterocycles. The Balaban J connectivity index is 0.000000273. The fourth-order valence-corrected chi connectivity index (χ4v) is 3.22. The van der Waals surface area contributed by atoms with E-state index in [9.17, 15) is 18.0 Å². The van der Waals surface area contributed by atoms with Crippen LogP contribution >= 0.6 is 56.8 Å². The normalized spacial score (nSPS) is 15.6. The maximum atomic E-state index is 12.8. The van der Waals surface area contributed by atoms with E-state index >= 15 is 0 Å². The molecule has 0 radical (unpaired) electrons. The molecule has 0 amide bonds. The largest absolute Gasteiger partial charge is 0.508 e. The fourth-order valence-electron chi connectivity index (χ4n) is 2.09. The average Bonchev–Trinajstić information content (AvgIpc) is 2.54. The third kappa shape index (κ3) is 5.88. The van der Waals surface area contributed by atoms with Crippen molar-refractivity contribution in [1.82, 2.24) is 0 Å². The number of aromatic hydroxyl groups is 1. The Morgan fingerprint density at radius 1 is 1.19 bits per heavy atom. The van der Waals surface area contributed by atoms with Crippen LogP contribution in [-0.4, -0.2) is 28.5 Å². The summed E-state index contributed by atoms with van der Waals surface area (Å²) in [6.45, 7) is 0. The first-order chi connectivity index (χ1) is 12.5. The molecular weight excluding hydrogens is 614 g/mol. The van der Waals surface area contributed by atoms with Crippen LogP contribution in [0.2, 0.25) is 5.02 Å². The second-order valence-corrected chi connectivity index (χ2v) is 8.04. The third-order valence-electron chi connectivity index (χ3n) is 3.24. The Kier molecular flexibility index (Phi) is 7.25. The van der Waals surface area contributed by atoms with Crippen molar-refractivity contribution in [1.29, 1.82) is 0 Å². The Labute approximate surface area is 184 Å². The van der Waals surface area contributed by atoms with Gasteiger partial charge in [-0.15, -0.1) is 0 Å². The second-order valence-electron chi connectivity index (χ2n) is 5.23. The first-order valence-electron chi connectivity index (χ1n) is 7.11. The standard InChI is InChI=1S/C11H5ClF3IO3.C6H5IO/c12-6-2-4-1-5(10(17)18)9(11(13,14)15)19-8(4)3-7(6)16;7-5-2-1-3-6(8)4-5/h1-3,9H,(H,17,18);1-4,8H. The predicted octanol–water partition coefficient (Wildman–Crippen LogP) is 5.73. The molecule has 1 aliphatic rings. The average molecular weight is 625 g/mol. The van der Waals surface area contributed by atoms with Crippen LogP contribution in [0.1, 0.15) is 5.56 Å². The number of phenols is 1. The van der Waals surface area contributed by atoms with Gasteiger partial charge in [-0.1, -0.05) is 17.7 Å². The minimum atomic E-state index is -4.80. The summed E-state index contributed by atoms with van der Waals surface area (Å²) >= 11 is 9.83. The van der Waals surface area contributed by atoms with Crippen LogP contribution in [0.25, 0.3) is 6.08 Å². The van der Waals surface area contributed by atoms with Crippen LogP contribution < -0.4 is 4.74 Å². The van der Waals surface area contributed by atoms with Crippen molar-refractivity contribution in [3.63, 3.8) is 0 Å². The van der Waals surface area contributed by atoms with Crippen LogP contribution in [0.3, 0.4) is 0 Å². The molecule has 0 aliphatic carbocycles. The van der Waals surface area contributed by atoms with Gasteiger partial charge in [-0.3, -0.25) is 0 Å². The first kappa shape index (κ1) is 22.1. The zero-order chi connectivity index (χ0) is 20.4. The second kappa shape index (κ2) is 8.86. The van der Waals surface area contributed by atoms with E-state index in [-0.39, 0.29) is 11.3 Å². The molecule has 0 aromatic heterocycles.